The number of nitrogens with zero attached hydrogens (tertiary/aromatic N) is 1. The summed E-state index contributed by atoms with van der Waals surface area (Å²) in [6.07, 6.45) is 0. The van der Waals surface area contributed by atoms with E-state index in [0.29, 0.717) is 38.9 Å². The highest BCUT2D eigenvalue weighted by Gasteiger charge is 2.10. The minimum Gasteiger partial charge on any atom is -0.397 e. The van der Waals surface area contributed by atoms with Crippen molar-refractivity contribution in [1.82, 2.24) is 9.97 Å². The number of nitrogens with two attached hydrogens (primary N) is 1. The van der Waals surface area contributed by atoms with Crippen molar-refractivity contribution in [3.05, 3.63) is 82.6 Å². The van der Waals surface area contributed by atoms with Gasteiger partial charge in [0.05, 0.1) is 27.4 Å². The molecule has 4 rings (SSSR count). The first kappa shape index (κ1) is 19.3. The SMILES string of the molecule is Nc1ccccc1NC(=O)c1ccc(CSc2nc3cc(Cl)c(F)cc3[nH]2)cc1. The molecule has 1 heterocycles. The van der Waals surface area contributed by atoms with Gasteiger partial charge in [0.2, 0.25) is 0 Å². The molecule has 1 amide bonds. The molecule has 0 aliphatic carbocycles. The quantitative estimate of drug-likeness (QED) is 0.291. The molecule has 0 unspecified atom stereocenters. The monoisotopic (exact) mass is 426 g/mol. The fourth-order valence-electron chi connectivity index (χ4n) is 2.76. The molecule has 0 aliphatic heterocycles. The number of aromatic nitrogens is 2. The smallest absolute Gasteiger partial charge is 0.255 e. The van der Waals surface area contributed by atoms with Crippen molar-refractivity contribution in [2.45, 2.75) is 10.9 Å². The third kappa shape index (κ3) is 4.36. The Morgan fingerprint density at radius 1 is 1.17 bits per heavy atom. The van der Waals surface area contributed by atoms with Crippen LogP contribution in [0.5, 0.6) is 0 Å². The standard InChI is InChI=1S/C21H16ClFN4OS/c22-14-9-18-19(10-15(14)23)27-21(26-18)29-11-12-5-7-13(8-6-12)20(28)25-17-4-2-1-3-16(17)24/h1-10H,11,24H2,(H,25,28)(H,26,27). The number of amides is 1. The van der Waals surface area contributed by atoms with Crippen LogP contribution in [0, 0.1) is 5.82 Å². The Morgan fingerprint density at radius 3 is 2.69 bits per heavy atom. The zero-order valence-electron chi connectivity index (χ0n) is 15.1. The molecule has 0 radical (unpaired) electrons. The lowest BCUT2D eigenvalue weighted by molar-refractivity contribution is 0.102. The van der Waals surface area contributed by atoms with E-state index in [1.54, 1.807) is 24.3 Å². The average molecular weight is 427 g/mol. The fraction of sp³-hybridized carbons (Fsp3) is 0.0476. The van der Waals surface area contributed by atoms with Gasteiger partial charge in [0.1, 0.15) is 5.82 Å². The van der Waals surface area contributed by atoms with Gasteiger partial charge in [-0.25, -0.2) is 9.37 Å². The van der Waals surface area contributed by atoms with Gasteiger partial charge < -0.3 is 16.0 Å². The molecule has 146 valence electrons. The second-order valence-corrected chi connectivity index (χ2v) is 7.72. The van der Waals surface area contributed by atoms with E-state index in [4.69, 9.17) is 17.3 Å². The normalized spacial score (nSPS) is 11.0. The van der Waals surface area contributed by atoms with E-state index in [1.807, 2.05) is 24.3 Å². The number of halogens is 2. The molecular formula is C21H16ClFN4OS. The largest absolute Gasteiger partial charge is 0.397 e. The predicted molar refractivity (Wildman–Crippen MR) is 116 cm³/mol. The number of aromatic amines is 1. The number of nitrogen functional groups attached to an aromatic ring is 1. The van der Waals surface area contributed by atoms with Crippen LogP contribution < -0.4 is 11.1 Å². The van der Waals surface area contributed by atoms with Crippen molar-refractivity contribution in [1.29, 1.82) is 0 Å². The maximum atomic E-state index is 13.5. The minimum atomic E-state index is -0.481. The molecular weight excluding hydrogens is 411 g/mol. The summed E-state index contributed by atoms with van der Waals surface area (Å²) in [6, 6.07) is 17.2. The molecule has 1 aromatic heterocycles. The summed E-state index contributed by atoms with van der Waals surface area (Å²) in [4.78, 5) is 19.9. The van der Waals surface area contributed by atoms with Crippen LogP contribution in [-0.4, -0.2) is 15.9 Å². The van der Waals surface area contributed by atoms with E-state index in [2.05, 4.69) is 15.3 Å². The number of para-hydroxylation sites is 2. The number of benzene rings is 3. The summed E-state index contributed by atoms with van der Waals surface area (Å²) in [7, 11) is 0. The summed E-state index contributed by atoms with van der Waals surface area (Å²) in [5, 5.41) is 3.52. The van der Waals surface area contributed by atoms with Gasteiger partial charge >= 0.3 is 0 Å². The lowest BCUT2D eigenvalue weighted by Crippen LogP contribution is -2.13. The maximum absolute atomic E-state index is 13.5. The number of fused-ring (bicyclic) bond motifs is 1. The summed E-state index contributed by atoms with van der Waals surface area (Å²) in [5.74, 6) is -0.0624. The Hall–Kier alpha value is -3.03. The number of anilines is 2. The van der Waals surface area contributed by atoms with Crippen LogP contribution in [0.3, 0.4) is 0 Å². The van der Waals surface area contributed by atoms with Crippen LogP contribution >= 0.6 is 23.4 Å². The van der Waals surface area contributed by atoms with Crippen molar-refractivity contribution >= 4 is 51.7 Å². The Labute approximate surface area is 175 Å². The van der Waals surface area contributed by atoms with E-state index in [0.717, 1.165) is 5.56 Å². The lowest BCUT2D eigenvalue weighted by Gasteiger charge is -2.08. The van der Waals surface area contributed by atoms with Crippen molar-refractivity contribution in [2.75, 3.05) is 11.1 Å². The molecule has 5 nitrogen and oxygen atoms in total. The van der Waals surface area contributed by atoms with Crippen LogP contribution in [0.1, 0.15) is 15.9 Å². The molecule has 29 heavy (non-hydrogen) atoms. The van der Waals surface area contributed by atoms with E-state index >= 15 is 0 Å². The van der Waals surface area contributed by atoms with E-state index in [9.17, 15) is 9.18 Å². The first-order chi connectivity index (χ1) is 14.0. The van der Waals surface area contributed by atoms with Crippen molar-refractivity contribution in [2.24, 2.45) is 0 Å². The van der Waals surface area contributed by atoms with Crippen molar-refractivity contribution in [3.63, 3.8) is 0 Å². The van der Waals surface area contributed by atoms with Gasteiger partial charge in [-0.05, 0) is 35.9 Å². The van der Waals surface area contributed by atoms with E-state index in [1.165, 1.54) is 23.9 Å². The molecule has 0 atom stereocenters. The zero-order chi connectivity index (χ0) is 20.4. The van der Waals surface area contributed by atoms with Crippen LogP contribution in [0.2, 0.25) is 5.02 Å². The first-order valence-corrected chi connectivity index (χ1v) is 10.1. The highest BCUT2D eigenvalue weighted by Crippen LogP contribution is 2.26. The second kappa shape index (κ2) is 8.14. The summed E-state index contributed by atoms with van der Waals surface area (Å²) in [6.45, 7) is 0. The topological polar surface area (TPSA) is 83.8 Å². The minimum absolute atomic E-state index is 0.0478. The molecule has 0 spiro atoms. The van der Waals surface area contributed by atoms with Gasteiger partial charge in [-0.2, -0.15) is 0 Å². The highest BCUT2D eigenvalue weighted by molar-refractivity contribution is 7.98. The second-order valence-electron chi connectivity index (χ2n) is 6.35. The summed E-state index contributed by atoms with van der Waals surface area (Å²) >= 11 is 7.28. The van der Waals surface area contributed by atoms with Crippen LogP contribution in [0.15, 0.2) is 65.8 Å². The highest BCUT2D eigenvalue weighted by atomic mass is 35.5. The maximum Gasteiger partial charge on any atom is 0.255 e. The number of carbonyl (C=O) groups is 1. The number of H-pyrrole nitrogens is 1. The molecule has 0 bridgehead atoms. The summed E-state index contributed by atoms with van der Waals surface area (Å²) in [5.41, 5.74) is 9.73. The summed E-state index contributed by atoms with van der Waals surface area (Å²) < 4.78 is 13.5. The van der Waals surface area contributed by atoms with Gasteiger partial charge in [-0.15, -0.1) is 0 Å². The Balaban J connectivity index is 1.40. The number of carbonyl (C=O) groups excluding carboxylic acids is 1. The number of imidazole rings is 1. The van der Waals surface area contributed by atoms with Gasteiger partial charge in [-0.3, -0.25) is 4.79 Å². The van der Waals surface area contributed by atoms with Crippen molar-refractivity contribution < 1.29 is 9.18 Å². The molecule has 4 aromatic rings. The molecule has 8 heteroatoms. The third-order valence-corrected chi connectivity index (χ3v) is 5.54. The molecule has 4 N–H and O–H groups in total. The first-order valence-electron chi connectivity index (χ1n) is 8.72. The molecule has 0 aliphatic rings. The molecule has 0 fully saturated rings. The third-order valence-electron chi connectivity index (χ3n) is 4.30. The molecule has 3 aromatic carbocycles. The van der Waals surface area contributed by atoms with Crippen LogP contribution in [0.25, 0.3) is 11.0 Å². The lowest BCUT2D eigenvalue weighted by atomic mass is 10.1. The molecule has 0 saturated heterocycles. The number of rotatable bonds is 5. The number of nitrogens with one attached hydrogen (secondary N) is 2. The predicted octanol–water partition coefficient (Wildman–Crippen LogP) is 5.48. The van der Waals surface area contributed by atoms with E-state index in [-0.39, 0.29) is 10.9 Å². The number of hydrogen-bond acceptors (Lipinski definition) is 4. The zero-order valence-corrected chi connectivity index (χ0v) is 16.7. The van der Waals surface area contributed by atoms with Crippen LogP contribution in [0.4, 0.5) is 15.8 Å². The fourth-order valence-corrected chi connectivity index (χ4v) is 3.76. The average Bonchev–Trinajstić information content (AvgIpc) is 3.10. The Kier molecular flexibility index (Phi) is 5.42. The Morgan fingerprint density at radius 2 is 1.93 bits per heavy atom. The van der Waals surface area contributed by atoms with Gasteiger partial charge in [0.15, 0.2) is 5.16 Å². The Bertz CT molecular complexity index is 1150. The van der Waals surface area contributed by atoms with Gasteiger partial charge in [-0.1, -0.05) is 47.6 Å². The number of thioether (sulfide) groups is 1. The van der Waals surface area contributed by atoms with E-state index < -0.39 is 5.82 Å². The van der Waals surface area contributed by atoms with Crippen molar-refractivity contribution in [3.8, 4) is 0 Å². The van der Waals surface area contributed by atoms with Gasteiger partial charge in [0, 0.05) is 17.4 Å². The van der Waals surface area contributed by atoms with Crippen LogP contribution in [-0.2, 0) is 5.75 Å². The molecule has 0 saturated carbocycles. The number of hydrogen-bond donors (Lipinski definition) is 3. The van der Waals surface area contributed by atoms with Gasteiger partial charge in [0.25, 0.3) is 5.91 Å².